The summed E-state index contributed by atoms with van der Waals surface area (Å²) in [6.45, 7) is 2.46. The molecule has 0 saturated heterocycles. The lowest BCUT2D eigenvalue weighted by Crippen LogP contribution is -2.16. The lowest BCUT2D eigenvalue weighted by Gasteiger charge is -2.16. The van der Waals surface area contributed by atoms with Crippen LogP contribution in [0.15, 0.2) is 28.3 Å². The van der Waals surface area contributed by atoms with Crippen LogP contribution in [-0.2, 0) is 11.3 Å². The summed E-state index contributed by atoms with van der Waals surface area (Å²) < 4.78 is 5.84. The molecule has 0 atom stereocenters. The van der Waals surface area contributed by atoms with Crippen LogP contribution in [0.3, 0.4) is 0 Å². The van der Waals surface area contributed by atoms with E-state index in [4.69, 9.17) is 9.57 Å². The van der Waals surface area contributed by atoms with Gasteiger partial charge >= 0.3 is 5.97 Å². The maximum Gasteiger partial charge on any atom is 0.341 e. The molecule has 2 aromatic heterocycles. The van der Waals surface area contributed by atoms with Gasteiger partial charge in [0.1, 0.15) is 12.2 Å². The highest BCUT2D eigenvalue weighted by atomic mass is 32.1. The van der Waals surface area contributed by atoms with Crippen molar-refractivity contribution in [2.24, 2.45) is 5.16 Å². The second-order valence-corrected chi connectivity index (χ2v) is 9.30. The van der Waals surface area contributed by atoms with Gasteiger partial charge in [-0.25, -0.2) is 4.79 Å². The fraction of sp³-hybridized carbons (Fsp3) is 0.375. The van der Waals surface area contributed by atoms with Gasteiger partial charge in [-0.1, -0.05) is 5.16 Å². The molecule has 1 aromatic carbocycles. The summed E-state index contributed by atoms with van der Waals surface area (Å²) in [4.78, 5) is 35.1. The Labute approximate surface area is 188 Å². The summed E-state index contributed by atoms with van der Waals surface area (Å²) in [6.07, 6.45) is 6.26. The first-order valence-electron chi connectivity index (χ1n) is 10.8. The molecule has 0 radical (unpaired) electrons. The number of carboxylic acids is 1. The highest BCUT2D eigenvalue weighted by Gasteiger charge is 2.32. The fourth-order valence-corrected chi connectivity index (χ4v) is 5.75. The van der Waals surface area contributed by atoms with Gasteiger partial charge in [-0.2, -0.15) is 0 Å². The zero-order chi connectivity index (χ0) is 22.4. The largest absolute Gasteiger partial charge is 0.494 e. The van der Waals surface area contributed by atoms with Crippen LogP contribution in [0.5, 0.6) is 5.75 Å². The van der Waals surface area contributed by atoms with Crippen LogP contribution in [-0.4, -0.2) is 35.5 Å². The number of hydrogen-bond donors (Lipinski definition) is 2. The van der Waals surface area contributed by atoms with Crippen molar-refractivity contribution < 1.29 is 19.5 Å². The van der Waals surface area contributed by atoms with Crippen LogP contribution in [0.2, 0.25) is 0 Å². The number of carboxylic acid groups (broad SMARTS) is 1. The number of carbonyl (C=O) groups is 1. The molecule has 3 aromatic rings. The molecule has 1 fully saturated rings. The number of nitrogens with zero attached hydrogens (tertiary/aromatic N) is 1. The van der Waals surface area contributed by atoms with Crippen LogP contribution in [0.4, 0.5) is 0 Å². The first kappa shape index (κ1) is 20.8. The number of H-pyrrole nitrogens is 1. The Morgan fingerprint density at radius 2 is 2.12 bits per heavy atom. The normalized spacial score (nSPS) is 16.9. The van der Waals surface area contributed by atoms with E-state index in [0.717, 1.165) is 59.4 Å². The molecule has 2 N–H and O–H groups in total. The van der Waals surface area contributed by atoms with Gasteiger partial charge in [0, 0.05) is 27.1 Å². The zero-order valence-corrected chi connectivity index (χ0v) is 18.8. The minimum Gasteiger partial charge on any atom is -0.494 e. The Morgan fingerprint density at radius 3 is 2.81 bits per heavy atom. The highest BCUT2D eigenvalue weighted by molar-refractivity contribution is 7.16. The summed E-state index contributed by atoms with van der Waals surface area (Å²) in [6, 6.07) is 4.03. The minimum atomic E-state index is -1.24. The number of methoxy groups -OCH3 is 1. The average Bonchev–Trinajstić information content (AvgIpc) is 3.54. The van der Waals surface area contributed by atoms with E-state index in [1.165, 1.54) is 11.1 Å². The van der Waals surface area contributed by atoms with Crippen molar-refractivity contribution in [3.8, 4) is 16.2 Å². The van der Waals surface area contributed by atoms with Gasteiger partial charge in [0.2, 0.25) is 5.43 Å². The highest BCUT2D eigenvalue weighted by Crippen LogP contribution is 2.51. The molecule has 1 saturated carbocycles. The number of thiophene rings is 1. The molecule has 2 heterocycles. The second-order valence-electron chi connectivity index (χ2n) is 8.16. The molecule has 0 unspecified atom stereocenters. The topological polar surface area (TPSA) is 101 Å². The maximum absolute atomic E-state index is 12.9. The summed E-state index contributed by atoms with van der Waals surface area (Å²) in [5, 5.41) is 14.1. The number of aryl methyl sites for hydroxylation is 1. The van der Waals surface area contributed by atoms with Gasteiger partial charge in [-0.15, -0.1) is 11.3 Å². The zero-order valence-electron chi connectivity index (χ0n) is 18.0. The van der Waals surface area contributed by atoms with Crippen LogP contribution < -0.4 is 10.2 Å². The fourth-order valence-electron chi connectivity index (χ4n) is 4.46. The standard InChI is InChI=1S/C24H24N2O5S/c1-3-31-26-17-5-4-6-18-14(17)10-19(32-18)20-13(12-7-8-12)9-15-21(23(20)30-2)25-11-16(22(15)27)24(28)29/h9-12H,3-8H2,1-2H3,(H,25,27)(H,28,29)/b26-17+. The van der Waals surface area contributed by atoms with Gasteiger partial charge < -0.3 is 19.7 Å². The van der Waals surface area contributed by atoms with Gasteiger partial charge in [0.25, 0.3) is 0 Å². The van der Waals surface area contributed by atoms with Crippen molar-refractivity contribution in [2.45, 2.75) is 44.9 Å². The van der Waals surface area contributed by atoms with Crippen LogP contribution in [0.1, 0.15) is 64.9 Å². The quantitative estimate of drug-likeness (QED) is 0.517. The molecule has 32 heavy (non-hydrogen) atoms. The minimum absolute atomic E-state index is 0.266. The molecule has 2 aliphatic rings. The van der Waals surface area contributed by atoms with Crippen molar-refractivity contribution in [1.29, 1.82) is 0 Å². The predicted octanol–water partition coefficient (Wildman–Crippen LogP) is 4.92. The summed E-state index contributed by atoms with van der Waals surface area (Å²) in [5.74, 6) is -0.316. The first-order chi connectivity index (χ1) is 15.5. The molecule has 0 aliphatic heterocycles. The van der Waals surface area contributed by atoms with E-state index in [1.807, 2.05) is 13.0 Å². The maximum atomic E-state index is 12.9. The Bertz CT molecular complexity index is 1320. The van der Waals surface area contributed by atoms with E-state index in [0.29, 0.717) is 29.2 Å². The predicted molar refractivity (Wildman–Crippen MR) is 124 cm³/mol. The lowest BCUT2D eigenvalue weighted by atomic mass is 9.94. The van der Waals surface area contributed by atoms with Crippen molar-refractivity contribution in [1.82, 2.24) is 4.98 Å². The van der Waals surface area contributed by atoms with E-state index in [9.17, 15) is 14.7 Å². The number of rotatable bonds is 6. The van der Waals surface area contributed by atoms with Gasteiger partial charge in [-0.05, 0) is 62.6 Å². The van der Waals surface area contributed by atoms with E-state index < -0.39 is 11.4 Å². The second kappa shape index (κ2) is 8.09. The third kappa shape index (κ3) is 3.39. The van der Waals surface area contributed by atoms with Gasteiger partial charge in [0.15, 0.2) is 5.75 Å². The number of hydrogen-bond acceptors (Lipinski definition) is 6. The number of aromatic carboxylic acids is 1. The third-order valence-electron chi connectivity index (χ3n) is 6.10. The number of pyridine rings is 1. The summed E-state index contributed by atoms with van der Waals surface area (Å²) >= 11 is 1.73. The molecular weight excluding hydrogens is 428 g/mol. The van der Waals surface area contributed by atoms with Crippen LogP contribution >= 0.6 is 11.3 Å². The summed E-state index contributed by atoms with van der Waals surface area (Å²) in [7, 11) is 1.59. The number of ether oxygens (including phenoxy) is 1. The SMILES string of the molecule is CCO/N=C1\CCCc2sc(-c3c(C4CC4)cc4c(=O)c(C(=O)O)c[nH]c4c3OC)cc21. The Balaban J connectivity index is 1.76. The van der Waals surface area contributed by atoms with Crippen molar-refractivity contribution in [3.63, 3.8) is 0 Å². The number of fused-ring (bicyclic) bond motifs is 2. The van der Waals surface area contributed by atoms with Gasteiger partial charge in [0.05, 0.1) is 23.7 Å². The van der Waals surface area contributed by atoms with Crippen LogP contribution in [0.25, 0.3) is 21.3 Å². The Hall–Kier alpha value is -3.13. The Kier molecular flexibility index (Phi) is 5.25. The molecule has 8 heteroatoms. The first-order valence-corrected chi connectivity index (χ1v) is 11.7. The van der Waals surface area contributed by atoms with Gasteiger partial charge in [-0.3, -0.25) is 4.79 Å². The number of aromatic amines is 1. The molecule has 0 amide bonds. The number of oxime groups is 1. The lowest BCUT2D eigenvalue weighted by molar-refractivity contribution is 0.0695. The van der Waals surface area contributed by atoms with Crippen molar-refractivity contribution in [3.05, 3.63) is 50.1 Å². The molecule has 0 bridgehead atoms. The average molecular weight is 453 g/mol. The molecule has 5 rings (SSSR count). The smallest absolute Gasteiger partial charge is 0.341 e. The molecule has 166 valence electrons. The van der Waals surface area contributed by atoms with E-state index in [1.54, 1.807) is 18.4 Å². The Morgan fingerprint density at radius 1 is 1.31 bits per heavy atom. The van der Waals surface area contributed by atoms with Crippen molar-refractivity contribution >= 4 is 33.9 Å². The van der Waals surface area contributed by atoms with E-state index >= 15 is 0 Å². The third-order valence-corrected chi connectivity index (χ3v) is 7.31. The monoisotopic (exact) mass is 452 g/mol. The molecule has 0 spiro atoms. The van der Waals surface area contributed by atoms with E-state index in [-0.39, 0.29) is 5.56 Å². The van der Waals surface area contributed by atoms with Crippen LogP contribution in [0, 0.1) is 0 Å². The molecule has 7 nitrogen and oxygen atoms in total. The summed E-state index contributed by atoms with van der Waals surface area (Å²) in [5.41, 5.74) is 3.90. The van der Waals surface area contributed by atoms with Crippen molar-refractivity contribution in [2.75, 3.05) is 13.7 Å². The number of benzene rings is 1. The molecule has 2 aliphatic carbocycles. The number of nitrogens with one attached hydrogen (secondary N) is 1. The van der Waals surface area contributed by atoms with E-state index in [2.05, 4.69) is 16.2 Å². The number of aromatic nitrogens is 1. The molecular formula is C24H24N2O5S.